The van der Waals surface area contributed by atoms with Gasteiger partial charge in [-0.1, -0.05) is 47.6 Å². The minimum absolute atomic E-state index is 0.0306. The molecule has 176 valence electrons. The molecule has 2 heterocycles. The van der Waals surface area contributed by atoms with E-state index in [1.165, 1.54) is 0 Å². The molecule has 0 saturated heterocycles. The molecule has 2 unspecified atom stereocenters. The van der Waals surface area contributed by atoms with Crippen molar-refractivity contribution in [3.8, 4) is 0 Å². The lowest BCUT2D eigenvalue weighted by Crippen LogP contribution is -2.45. The van der Waals surface area contributed by atoms with Gasteiger partial charge in [0.25, 0.3) is 5.91 Å². The number of amidine groups is 1. The summed E-state index contributed by atoms with van der Waals surface area (Å²) in [5.41, 5.74) is 1.26. The molecule has 0 radical (unpaired) electrons. The van der Waals surface area contributed by atoms with Crippen LogP contribution in [0.25, 0.3) is 0 Å². The Labute approximate surface area is 191 Å². The highest BCUT2D eigenvalue weighted by atomic mass is 31.2. The fraction of sp³-hybridized carbons (Fsp3) is 0.583. The second kappa shape index (κ2) is 8.35. The Hall–Kier alpha value is -2.11. The molecular weight excluding hydrogens is 425 g/mol. The van der Waals surface area contributed by atoms with Crippen LogP contribution in [0.15, 0.2) is 34.3 Å². The third-order valence-corrected chi connectivity index (χ3v) is 7.78. The molecule has 0 spiro atoms. The van der Waals surface area contributed by atoms with Gasteiger partial charge in [0.05, 0.1) is 23.6 Å². The van der Waals surface area contributed by atoms with E-state index in [0.29, 0.717) is 17.5 Å². The van der Waals surface area contributed by atoms with Crippen LogP contribution in [-0.4, -0.2) is 40.9 Å². The zero-order chi connectivity index (χ0) is 24.1. The van der Waals surface area contributed by atoms with Crippen LogP contribution in [0, 0.1) is 17.8 Å². The summed E-state index contributed by atoms with van der Waals surface area (Å²) < 4.78 is 23.7. The summed E-state index contributed by atoms with van der Waals surface area (Å²) in [4.78, 5) is 15.3. The van der Waals surface area contributed by atoms with Crippen LogP contribution in [0.2, 0.25) is 0 Å². The highest BCUT2D eigenvalue weighted by Gasteiger charge is 2.48. The topological polar surface area (TPSA) is 91.2 Å². The first-order valence-corrected chi connectivity index (χ1v) is 12.7. The van der Waals surface area contributed by atoms with E-state index >= 15 is 0 Å². The molecule has 8 heteroatoms. The molecule has 2 aliphatic heterocycles. The lowest BCUT2D eigenvalue weighted by atomic mass is 9.84. The highest BCUT2D eigenvalue weighted by Crippen LogP contribution is 2.52. The number of amides is 1. The molecule has 32 heavy (non-hydrogen) atoms. The second-order valence-electron chi connectivity index (χ2n) is 10.9. The molecule has 2 atom stereocenters. The van der Waals surface area contributed by atoms with Crippen molar-refractivity contribution >= 4 is 30.3 Å². The van der Waals surface area contributed by atoms with Crippen LogP contribution in [0.5, 0.6) is 0 Å². The minimum atomic E-state index is -3.60. The highest BCUT2D eigenvalue weighted by molar-refractivity contribution is 7.66. The molecule has 0 fully saturated rings. The third-order valence-electron chi connectivity index (χ3n) is 5.71. The zero-order valence-electron chi connectivity index (χ0n) is 20.4. The van der Waals surface area contributed by atoms with Crippen molar-refractivity contribution in [2.45, 2.75) is 67.9 Å². The molecular formula is C24H36N3O4P. The average Bonchev–Trinajstić information content (AvgIpc) is 2.88. The Morgan fingerprint density at radius 1 is 1.22 bits per heavy atom. The van der Waals surface area contributed by atoms with E-state index in [2.05, 4.69) is 30.9 Å². The van der Waals surface area contributed by atoms with Gasteiger partial charge in [0.2, 0.25) is 0 Å². The fourth-order valence-corrected chi connectivity index (χ4v) is 5.92. The molecule has 0 bridgehead atoms. The monoisotopic (exact) mass is 461 g/mol. The molecule has 1 aromatic carbocycles. The predicted octanol–water partition coefficient (Wildman–Crippen LogP) is 5.18. The Morgan fingerprint density at radius 3 is 2.44 bits per heavy atom. The number of rotatable bonds is 5. The Morgan fingerprint density at radius 2 is 1.88 bits per heavy atom. The standard InChI is InChI=1S/C24H36N3O4P/c1-9-31-32(30)17-11-10-15(2)14-16(17)25-21(26-32)18-19(28)20(24(6,7)8)27(22(18)29)13-12-23(3,4)5/h10-11,14,20,28H,9,12-13H2,1-8H3,(H,25,26,30). The first kappa shape index (κ1) is 24.5. The summed E-state index contributed by atoms with van der Waals surface area (Å²) in [7, 11) is -3.60. The van der Waals surface area contributed by atoms with Gasteiger partial charge in [0, 0.05) is 6.54 Å². The summed E-state index contributed by atoms with van der Waals surface area (Å²) in [6, 6.07) is 4.95. The summed E-state index contributed by atoms with van der Waals surface area (Å²) in [5, 5.41) is 14.9. The molecule has 2 N–H and O–H groups in total. The van der Waals surface area contributed by atoms with E-state index in [-0.39, 0.29) is 35.1 Å². The van der Waals surface area contributed by atoms with Crippen LogP contribution in [0.4, 0.5) is 5.69 Å². The van der Waals surface area contributed by atoms with Crippen LogP contribution in [0.3, 0.4) is 0 Å². The van der Waals surface area contributed by atoms with E-state index < -0.39 is 19.0 Å². The number of hydrogen-bond acceptors (Lipinski definition) is 5. The molecule has 0 saturated carbocycles. The number of benzene rings is 1. The number of carbonyl (C=O) groups excluding carboxylic acids is 1. The molecule has 7 nitrogen and oxygen atoms in total. The predicted molar refractivity (Wildman–Crippen MR) is 130 cm³/mol. The molecule has 0 aromatic heterocycles. The lowest BCUT2D eigenvalue weighted by molar-refractivity contribution is -0.128. The fourth-order valence-electron chi connectivity index (χ4n) is 4.16. The van der Waals surface area contributed by atoms with Gasteiger partial charge in [-0.25, -0.2) is 0 Å². The first-order chi connectivity index (χ1) is 14.7. The smallest absolute Gasteiger partial charge is 0.348 e. The normalized spacial score (nSPS) is 23.9. The Balaban J connectivity index is 2.10. The van der Waals surface area contributed by atoms with E-state index in [0.717, 1.165) is 12.0 Å². The number of fused-ring (bicyclic) bond motifs is 1. The van der Waals surface area contributed by atoms with Crippen LogP contribution < -0.4 is 10.6 Å². The number of carbonyl (C=O) groups is 1. The van der Waals surface area contributed by atoms with Crippen LogP contribution in [0.1, 0.15) is 60.5 Å². The number of nitrogens with zero attached hydrogens (tertiary/aromatic N) is 2. The van der Waals surface area contributed by atoms with Crippen molar-refractivity contribution in [2.75, 3.05) is 18.5 Å². The zero-order valence-corrected chi connectivity index (χ0v) is 21.3. The molecule has 2 aliphatic rings. The maximum absolute atomic E-state index is 13.7. The van der Waals surface area contributed by atoms with Gasteiger partial charge in [-0.15, -0.1) is 0 Å². The van der Waals surface area contributed by atoms with E-state index in [4.69, 9.17) is 4.52 Å². The summed E-state index contributed by atoms with van der Waals surface area (Å²) in [6.45, 7) is 16.8. The van der Waals surface area contributed by atoms with Crippen molar-refractivity contribution in [1.82, 2.24) is 4.90 Å². The number of aryl methyl sites for hydroxylation is 1. The van der Waals surface area contributed by atoms with Crippen molar-refractivity contribution in [2.24, 2.45) is 15.6 Å². The van der Waals surface area contributed by atoms with Gasteiger partial charge in [0.1, 0.15) is 11.3 Å². The van der Waals surface area contributed by atoms with Gasteiger partial charge in [-0.2, -0.15) is 4.76 Å². The van der Waals surface area contributed by atoms with E-state index in [9.17, 15) is 14.5 Å². The summed E-state index contributed by atoms with van der Waals surface area (Å²) in [5.74, 6) is -0.242. The van der Waals surface area contributed by atoms with Gasteiger partial charge >= 0.3 is 7.52 Å². The molecule has 3 rings (SSSR count). The van der Waals surface area contributed by atoms with Crippen molar-refractivity contribution in [3.63, 3.8) is 0 Å². The first-order valence-electron chi connectivity index (χ1n) is 11.2. The SMILES string of the molecule is CCOP1(=O)N=C(C2=C(O)C(C(C)(C)C)N(CCC(C)(C)C)C2=O)Nc2cc(C)ccc21. The molecule has 0 aliphatic carbocycles. The van der Waals surface area contributed by atoms with Gasteiger partial charge in [0.15, 0.2) is 5.84 Å². The van der Waals surface area contributed by atoms with Crippen molar-refractivity contribution < 1.29 is 19.0 Å². The molecule has 1 amide bonds. The lowest BCUT2D eigenvalue weighted by Gasteiger charge is -2.36. The molecule has 1 aromatic rings. The van der Waals surface area contributed by atoms with Crippen LogP contribution >= 0.6 is 7.52 Å². The van der Waals surface area contributed by atoms with Crippen molar-refractivity contribution in [1.29, 1.82) is 0 Å². The average molecular weight is 462 g/mol. The van der Waals surface area contributed by atoms with E-state index in [1.54, 1.807) is 17.9 Å². The minimum Gasteiger partial charge on any atom is -0.509 e. The largest absolute Gasteiger partial charge is 0.509 e. The summed E-state index contributed by atoms with van der Waals surface area (Å²) >= 11 is 0. The van der Waals surface area contributed by atoms with Gasteiger partial charge in [-0.05, 0) is 48.8 Å². The summed E-state index contributed by atoms with van der Waals surface area (Å²) in [6.07, 6.45) is 0.783. The Kier molecular flexibility index (Phi) is 6.40. The van der Waals surface area contributed by atoms with Crippen LogP contribution in [-0.2, 0) is 13.9 Å². The number of aliphatic hydroxyl groups excluding tert-OH is 1. The van der Waals surface area contributed by atoms with Gasteiger partial charge < -0.3 is 19.8 Å². The number of anilines is 1. The maximum Gasteiger partial charge on any atom is 0.348 e. The number of hydrogen-bond donors (Lipinski definition) is 2. The second-order valence-corrected chi connectivity index (χ2v) is 12.9. The maximum atomic E-state index is 13.7. The third kappa shape index (κ3) is 4.65. The number of aliphatic hydroxyl groups is 1. The number of nitrogens with one attached hydrogen (secondary N) is 1. The van der Waals surface area contributed by atoms with Gasteiger partial charge in [-0.3, -0.25) is 9.36 Å². The quantitative estimate of drug-likeness (QED) is 0.590. The van der Waals surface area contributed by atoms with E-state index in [1.807, 2.05) is 39.8 Å². The van der Waals surface area contributed by atoms with Crippen molar-refractivity contribution in [3.05, 3.63) is 35.1 Å². The Bertz CT molecular complexity index is 1030.